The van der Waals surface area contributed by atoms with Crippen LogP contribution in [-0.4, -0.2) is 15.6 Å². The molecule has 4 nitrogen and oxygen atoms in total. The van der Waals surface area contributed by atoms with Crippen LogP contribution in [-0.2, 0) is 19.5 Å². The van der Waals surface area contributed by atoms with E-state index >= 15 is 0 Å². The summed E-state index contributed by atoms with van der Waals surface area (Å²) in [6.07, 6.45) is 2.52. The molecule has 7 heteroatoms. The van der Waals surface area contributed by atoms with Gasteiger partial charge >= 0.3 is 5.97 Å². The molecular weight excluding hydrogens is 479 g/mol. The Kier molecular flexibility index (Phi) is 7.29. The molecule has 0 aliphatic heterocycles. The van der Waals surface area contributed by atoms with E-state index in [0.717, 1.165) is 27.9 Å². The molecule has 0 spiro atoms. The Morgan fingerprint density at radius 3 is 2.12 bits per heavy atom. The summed E-state index contributed by atoms with van der Waals surface area (Å²) in [5, 5.41) is 14.9. The zero-order valence-corrected chi connectivity index (χ0v) is 19.8. The maximum absolute atomic E-state index is 11.7. The predicted molar refractivity (Wildman–Crippen MR) is 135 cm³/mol. The van der Waals surface area contributed by atoms with Gasteiger partial charge in [0.05, 0.1) is 0 Å². The highest BCUT2D eigenvalue weighted by Gasteiger charge is 2.13. The van der Waals surface area contributed by atoms with Crippen LogP contribution in [0.15, 0.2) is 79.0 Å². The van der Waals surface area contributed by atoms with Gasteiger partial charge in [-0.3, -0.25) is 0 Å². The number of nitrogens with zero attached hydrogens (tertiary/aromatic N) is 1. The molecule has 4 rings (SSSR count). The number of carboxylic acids is 1. The van der Waals surface area contributed by atoms with Gasteiger partial charge in [-0.15, -0.1) is 0 Å². The van der Waals surface area contributed by atoms with Crippen molar-refractivity contribution in [3.63, 3.8) is 0 Å². The van der Waals surface area contributed by atoms with Crippen LogP contribution in [0.3, 0.4) is 0 Å². The van der Waals surface area contributed by atoms with Crippen molar-refractivity contribution in [3.05, 3.63) is 122 Å². The Labute approximate surface area is 207 Å². The normalized spacial score (nSPS) is 10.9. The van der Waals surface area contributed by atoms with Gasteiger partial charge in [0.25, 0.3) is 0 Å². The van der Waals surface area contributed by atoms with Gasteiger partial charge < -0.3 is 15.0 Å². The van der Waals surface area contributed by atoms with Gasteiger partial charge in [0.1, 0.15) is 5.69 Å². The second-order valence-electron chi connectivity index (χ2n) is 7.72. The number of rotatable bonds is 8. The Morgan fingerprint density at radius 1 is 0.848 bits per heavy atom. The van der Waals surface area contributed by atoms with Gasteiger partial charge in [0.2, 0.25) is 0 Å². The van der Waals surface area contributed by atoms with Gasteiger partial charge in [-0.25, -0.2) is 4.79 Å². The van der Waals surface area contributed by atoms with Gasteiger partial charge in [-0.05, 0) is 65.6 Å². The van der Waals surface area contributed by atoms with E-state index in [9.17, 15) is 9.90 Å². The molecule has 0 saturated heterocycles. The molecule has 0 aliphatic carbocycles. The number of benzene rings is 3. The Hall–Kier alpha value is -2.92. The van der Waals surface area contributed by atoms with Gasteiger partial charge in [-0.1, -0.05) is 65.1 Å². The first-order valence-electron chi connectivity index (χ1n) is 10.3. The largest absolute Gasteiger partial charge is 0.477 e. The number of carbonyl (C=O) groups is 1. The minimum Gasteiger partial charge on any atom is -0.477 e. The van der Waals surface area contributed by atoms with Crippen molar-refractivity contribution >= 4 is 46.5 Å². The summed E-state index contributed by atoms with van der Waals surface area (Å²) in [4.78, 5) is 11.7. The molecule has 0 saturated carbocycles. The zero-order valence-electron chi connectivity index (χ0n) is 17.6. The lowest BCUT2D eigenvalue weighted by Gasteiger charge is -2.10. The van der Waals surface area contributed by atoms with Gasteiger partial charge in [-0.2, -0.15) is 0 Å². The van der Waals surface area contributed by atoms with E-state index < -0.39 is 5.97 Å². The molecule has 0 aliphatic rings. The maximum Gasteiger partial charge on any atom is 0.352 e. The van der Waals surface area contributed by atoms with Crippen LogP contribution < -0.4 is 5.32 Å². The third-order valence-corrected chi connectivity index (χ3v) is 6.29. The number of aromatic carboxylic acids is 1. The maximum atomic E-state index is 11.7. The lowest BCUT2D eigenvalue weighted by molar-refractivity contribution is 0.0685. The second-order valence-corrected chi connectivity index (χ2v) is 8.97. The van der Waals surface area contributed by atoms with Crippen LogP contribution in [0.25, 0.3) is 0 Å². The second kappa shape index (κ2) is 10.3. The summed E-state index contributed by atoms with van der Waals surface area (Å²) < 4.78 is 1.75. The van der Waals surface area contributed by atoms with Crippen LogP contribution in [0.2, 0.25) is 15.1 Å². The van der Waals surface area contributed by atoms with E-state index in [2.05, 4.69) is 5.32 Å². The number of hydrogen-bond acceptors (Lipinski definition) is 2. The third-order valence-electron chi connectivity index (χ3n) is 5.33. The molecule has 3 aromatic carbocycles. The van der Waals surface area contributed by atoms with Crippen LogP contribution in [0.1, 0.15) is 32.7 Å². The summed E-state index contributed by atoms with van der Waals surface area (Å²) in [6, 6.07) is 22.6. The monoisotopic (exact) mass is 498 g/mol. The van der Waals surface area contributed by atoms with E-state index in [-0.39, 0.29) is 5.69 Å². The van der Waals surface area contributed by atoms with Crippen LogP contribution >= 0.6 is 34.8 Å². The molecule has 0 fully saturated rings. The lowest BCUT2D eigenvalue weighted by Crippen LogP contribution is -2.08. The third kappa shape index (κ3) is 5.91. The van der Waals surface area contributed by atoms with Crippen LogP contribution in [0.5, 0.6) is 0 Å². The SMILES string of the molecule is O=C(O)c1cc(Cc2ccc(NCc3c(Cl)cccc3Cl)cc2)cn1Cc1ccc(Cl)cc1. The standard InChI is InChI=1S/C26H21Cl3N2O2/c27-20-8-4-18(5-9-20)15-31-16-19(13-25(31)26(32)33)12-17-6-10-21(11-7-17)30-14-22-23(28)2-1-3-24(22)29/h1-11,13,16,30H,12,14-15H2,(H,32,33). The van der Waals surface area contributed by atoms with E-state index in [1.807, 2.05) is 60.8 Å². The molecule has 0 radical (unpaired) electrons. The predicted octanol–water partition coefficient (Wildman–Crippen LogP) is 7.40. The van der Waals surface area contributed by atoms with Crippen molar-refractivity contribution in [2.75, 3.05) is 5.32 Å². The summed E-state index contributed by atoms with van der Waals surface area (Å²) in [6.45, 7) is 0.986. The fourth-order valence-electron chi connectivity index (χ4n) is 3.63. The average molecular weight is 500 g/mol. The number of nitrogens with one attached hydrogen (secondary N) is 1. The first-order chi connectivity index (χ1) is 15.9. The first kappa shape index (κ1) is 23.2. The van der Waals surface area contributed by atoms with Crippen molar-refractivity contribution in [2.24, 2.45) is 0 Å². The van der Waals surface area contributed by atoms with Crippen LogP contribution in [0, 0.1) is 0 Å². The summed E-state index contributed by atoms with van der Waals surface area (Å²) in [5.74, 6) is -0.951. The van der Waals surface area contributed by atoms with Crippen LogP contribution in [0.4, 0.5) is 5.69 Å². The van der Waals surface area contributed by atoms with E-state index in [1.165, 1.54) is 0 Å². The summed E-state index contributed by atoms with van der Waals surface area (Å²) in [5.41, 5.74) is 5.06. The number of halogens is 3. The smallest absolute Gasteiger partial charge is 0.352 e. The average Bonchev–Trinajstić information content (AvgIpc) is 3.18. The number of aromatic nitrogens is 1. The zero-order chi connectivity index (χ0) is 23.4. The van der Waals surface area contributed by atoms with Crippen molar-refractivity contribution in [1.29, 1.82) is 0 Å². The highest BCUT2D eigenvalue weighted by molar-refractivity contribution is 6.36. The molecule has 1 aromatic heterocycles. The molecule has 33 heavy (non-hydrogen) atoms. The van der Waals surface area contributed by atoms with Crippen molar-refractivity contribution in [1.82, 2.24) is 4.57 Å². The number of anilines is 1. The molecule has 4 aromatic rings. The highest BCUT2D eigenvalue weighted by atomic mass is 35.5. The highest BCUT2D eigenvalue weighted by Crippen LogP contribution is 2.25. The van der Waals surface area contributed by atoms with Gasteiger partial charge in [0, 0.05) is 45.6 Å². The minimum absolute atomic E-state index is 0.259. The summed E-state index contributed by atoms with van der Waals surface area (Å²) >= 11 is 18.4. The molecule has 2 N–H and O–H groups in total. The number of hydrogen-bond donors (Lipinski definition) is 2. The van der Waals surface area contributed by atoms with E-state index in [0.29, 0.717) is 34.6 Å². The molecule has 1 heterocycles. The molecular formula is C26H21Cl3N2O2. The Balaban J connectivity index is 1.44. The van der Waals surface area contributed by atoms with Gasteiger partial charge in [0.15, 0.2) is 0 Å². The first-order valence-corrected chi connectivity index (χ1v) is 11.4. The molecule has 0 bridgehead atoms. The van der Waals surface area contributed by atoms with Crippen molar-refractivity contribution in [2.45, 2.75) is 19.5 Å². The summed E-state index contributed by atoms with van der Waals surface area (Å²) in [7, 11) is 0. The molecule has 0 atom stereocenters. The quantitative estimate of drug-likeness (QED) is 0.265. The molecule has 168 valence electrons. The molecule has 0 amide bonds. The Bertz CT molecular complexity index is 1250. The van der Waals surface area contributed by atoms with Crippen molar-refractivity contribution < 1.29 is 9.90 Å². The fraction of sp³-hybridized carbons (Fsp3) is 0.115. The Morgan fingerprint density at radius 2 is 1.48 bits per heavy atom. The van der Waals surface area contributed by atoms with E-state index in [4.69, 9.17) is 34.8 Å². The minimum atomic E-state index is -0.951. The number of carboxylic acid groups (broad SMARTS) is 1. The topological polar surface area (TPSA) is 54.3 Å². The van der Waals surface area contributed by atoms with E-state index in [1.54, 1.807) is 22.8 Å². The fourth-order valence-corrected chi connectivity index (χ4v) is 4.29. The van der Waals surface area contributed by atoms with Crippen molar-refractivity contribution in [3.8, 4) is 0 Å². The lowest BCUT2D eigenvalue weighted by atomic mass is 10.1. The molecule has 0 unspecified atom stereocenters.